The smallest absolute Gasteiger partial charge is 0.268 e. The topological polar surface area (TPSA) is 86.3 Å². The van der Waals surface area contributed by atoms with Crippen molar-refractivity contribution < 1.29 is 14.3 Å². The molecule has 8 heteroatoms. The van der Waals surface area contributed by atoms with Gasteiger partial charge in [0.2, 0.25) is 5.91 Å². The number of hydrogen-bond acceptors (Lipinski definition) is 6. The van der Waals surface area contributed by atoms with E-state index in [0.29, 0.717) is 6.54 Å². The zero-order chi connectivity index (χ0) is 19.7. The zero-order valence-corrected chi connectivity index (χ0v) is 16.4. The second-order valence-corrected chi connectivity index (χ2v) is 7.61. The molecule has 0 radical (unpaired) electrons. The van der Waals surface area contributed by atoms with Gasteiger partial charge >= 0.3 is 0 Å². The van der Waals surface area contributed by atoms with Gasteiger partial charge in [-0.15, -0.1) is 0 Å². The van der Waals surface area contributed by atoms with Crippen LogP contribution in [0.3, 0.4) is 0 Å². The van der Waals surface area contributed by atoms with E-state index in [0.717, 1.165) is 42.8 Å². The van der Waals surface area contributed by atoms with Gasteiger partial charge in [-0.3, -0.25) is 15.0 Å². The number of ether oxygens (including phenoxy) is 1. The molecule has 2 amide bonds. The van der Waals surface area contributed by atoms with Crippen molar-refractivity contribution in [2.45, 2.75) is 57.4 Å². The van der Waals surface area contributed by atoms with Gasteiger partial charge in [0.05, 0.1) is 19.2 Å². The maximum Gasteiger partial charge on any atom is 0.268 e. The lowest BCUT2D eigenvalue weighted by molar-refractivity contribution is -0.152. The number of amides is 2. The van der Waals surface area contributed by atoms with E-state index in [1.54, 1.807) is 12.0 Å². The number of hydrogen-bond donors (Lipinski definition) is 2. The Hall–Kier alpha value is -2.77. The Morgan fingerprint density at radius 3 is 2.68 bits per heavy atom. The van der Waals surface area contributed by atoms with Crippen LogP contribution < -0.4 is 15.5 Å². The van der Waals surface area contributed by atoms with Crippen LogP contribution in [0.2, 0.25) is 0 Å². The number of piperazine rings is 1. The van der Waals surface area contributed by atoms with Gasteiger partial charge in [-0.05, 0) is 37.5 Å². The number of benzene rings is 1. The van der Waals surface area contributed by atoms with Crippen LogP contribution in [0.15, 0.2) is 29.4 Å². The van der Waals surface area contributed by atoms with Crippen LogP contribution in [0.4, 0.5) is 0 Å². The first-order chi connectivity index (χ1) is 13.6. The second kappa shape index (κ2) is 7.69. The molecule has 2 fully saturated rings. The molecule has 0 bridgehead atoms. The van der Waals surface area contributed by atoms with Crippen molar-refractivity contribution in [2.75, 3.05) is 13.7 Å². The fourth-order valence-electron chi connectivity index (χ4n) is 4.52. The number of carbonyl (C=O) groups excluding carboxylic acids is 2. The van der Waals surface area contributed by atoms with E-state index in [9.17, 15) is 9.59 Å². The Bertz CT molecular complexity index is 779. The van der Waals surface area contributed by atoms with Gasteiger partial charge in [0.15, 0.2) is 6.17 Å². The van der Waals surface area contributed by atoms with Crippen LogP contribution >= 0.6 is 0 Å². The van der Waals surface area contributed by atoms with Crippen molar-refractivity contribution >= 4 is 17.6 Å². The molecule has 150 valence electrons. The van der Waals surface area contributed by atoms with Gasteiger partial charge in [0.25, 0.3) is 5.91 Å². The van der Waals surface area contributed by atoms with Gasteiger partial charge in [-0.2, -0.15) is 5.10 Å². The standard InChI is InChI=1S/C20H27N5O3/c1-13-22-23-19-20(27)24(16-5-3-4-6-17(16)25(13)19)12-18(26)21-11-14-7-9-15(28-2)10-8-14/h7-10,16-17,19,23H,3-6,11-12H2,1-2H3,(H,21,26). The minimum absolute atomic E-state index is 0.0642. The molecule has 0 spiro atoms. The van der Waals surface area contributed by atoms with Crippen LogP contribution in [0.1, 0.15) is 38.2 Å². The quantitative estimate of drug-likeness (QED) is 0.791. The predicted molar refractivity (Wildman–Crippen MR) is 104 cm³/mol. The molecule has 1 aromatic rings. The number of methoxy groups -OCH3 is 1. The number of nitrogens with one attached hydrogen (secondary N) is 2. The fraction of sp³-hybridized carbons (Fsp3) is 0.550. The molecule has 1 aromatic carbocycles. The van der Waals surface area contributed by atoms with Gasteiger partial charge in [0.1, 0.15) is 18.1 Å². The maximum absolute atomic E-state index is 13.0. The summed E-state index contributed by atoms with van der Waals surface area (Å²) in [6.45, 7) is 2.44. The monoisotopic (exact) mass is 385 g/mol. The average molecular weight is 385 g/mol. The number of carbonyl (C=O) groups is 2. The average Bonchev–Trinajstić information content (AvgIpc) is 3.12. The van der Waals surface area contributed by atoms with E-state index < -0.39 is 6.17 Å². The lowest BCUT2D eigenvalue weighted by Gasteiger charge is -2.50. The lowest BCUT2D eigenvalue weighted by Crippen LogP contribution is -2.69. The highest BCUT2D eigenvalue weighted by molar-refractivity contribution is 5.94. The van der Waals surface area contributed by atoms with Crippen molar-refractivity contribution in [1.82, 2.24) is 20.5 Å². The number of fused-ring (bicyclic) bond motifs is 3. The maximum atomic E-state index is 13.0. The summed E-state index contributed by atoms with van der Waals surface area (Å²) in [6.07, 6.45) is 3.70. The molecule has 1 saturated heterocycles. The highest BCUT2D eigenvalue weighted by atomic mass is 16.5. The van der Waals surface area contributed by atoms with Gasteiger partial charge in [0, 0.05) is 6.54 Å². The third-order valence-electron chi connectivity index (χ3n) is 5.93. The van der Waals surface area contributed by atoms with E-state index in [1.807, 2.05) is 31.2 Å². The molecule has 8 nitrogen and oxygen atoms in total. The number of hydrazone groups is 1. The van der Waals surface area contributed by atoms with E-state index in [1.165, 1.54) is 0 Å². The summed E-state index contributed by atoms with van der Waals surface area (Å²) in [5.74, 6) is 1.43. The highest BCUT2D eigenvalue weighted by Gasteiger charge is 2.50. The summed E-state index contributed by atoms with van der Waals surface area (Å²) in [7, 11) is 1.62. The minimum atomic E-state index is -0.478. The highest BCUT2D eigenvalue weighted by Crippen LogP contribution is 2.34. The Balaban J connectivity index is 1.41. The first-order valence-corrected chi connectivity index (χ1v) is 9.87. The summed E-state index contributed by atoms with van der Waals surface area (Å²) >= 11 is 0. The van der Waals surface area contributed by atoms with Crippen molar-refractivity contribution in [3.63, 3.8) is 0 Å². The molecular formula is C20H27N5O3. The summed E-state index contributed by atoms with van der Waals surface area (Å²) < 4.78 is 5.15. The summed E-state index contributed by atoms with van der Waals surface area (Å²) in [4.78, 5) is 29.5. The summed E-state index contributed by atoms with van der Waals surface area (Å²) in [5, 5.41) is 7.19. The van der Waals surface area contributed by atoms with Crippen molar-refractivity contribution in [2.24, 2.45) is 5.10 Å². The van der Waals surface area contributed by atoms with Crippen molar-refractivity contribution in [3.8, 4) is 5.75 Å². The van der Waals surface area contributed by atoms with E-state index >= 15 is 0 Å². The van der Waals surface area contributed by atoms with Crippen molar-refractivity contribution in [3.05, 3.63) is 29.8 Å². The first-order valence-electron chi connectivity index (χ1n) is 9.87. The van der Waals surface area contributed by atoms with Crippen LogP contribution in [0, 0.1) is 0 Å². The minimum Gasteiger partial charge on any atom is -0.497 e. The molecule has 3 atom stereocenters. The normalized spacial score (nSPS) is 26.1. The molecule has 1 aliphatic carbocycles. The Kier molecular flexibility index (Phi) is 5.11. The lowest BCUT2D eigenvalue weighted by atomic mass is 9.85. The second-order valence-electron chi connectivity index (χ2n) is 7.61. The van der Waals surface area contributed by atoms with Gasteiger partial charge < -0.3 is 19.9 Å². The summed E-state index contributed by atoms with van der Waals surface area (Å²) in [6, 6.07) is 7.86. The first kappa shape index (κ1) is 18.6. The Labute approximate surface area is 164 Å². The van der Waals surface area contributed by atoms with E-state index in [4.69, 9.17) is 4.74 Å². The molecule has 4 rings (SSSR count). The SMILES string of the molecule is COc1ccc(CNC(=O)CN2C(=O)C3NN=C(C)N3C3CCCCC32)cc1. The number of nitrogens with zero attached hydrogens (tertiary/aromatic N) is 3. The van der Waals surface area contributed by atoms with Crippen LogP contribution in [-0.4, -0.2) is 59.4 Å². The van der Waals surface area contributed by atoms with E-state index in [-0.39, 0.29) is 30.4 Å². The molecule has 3 unspecified atom stereocenters. The predicted octanol–water partition coefficient (Wildman–Crippen LogP) is 1.03. The Morgan fingerprint density at radius 1 is 1.25 bits per heavy atom. The molecule has 1 saturated carbocycles. The third kappa shape index (κ3) is 3.39. The summed E-state index contributed by atoms with van der Waals surface area (Å²) in [5.41, 5.74) is 3.93. The third-order valence-corrected chi connectivity index (χ3v) is 5.93. The molecule has 28 heavy (non-hydrogen) atoms. The number of amidine groups is 1. The van der Waals surface area contributed by atoms with Gasteiger partial charge in [-0.1, -0.05) is 25.0 Å². The van der Waals surface area contributed by atoms with E-state index in [2.05, 4.69) is 20.7 Å². The van der Waals surface area contributed by atoms with Crippen LogP contribution in [-0.2, 0) is 16.1 Å². The molecule has 2 aliphatic heterocycles. The fourth-order valence-corrected chi connectivity index (χ4v) is 4.52. The molecule has 2 N–H and O–H groups in total. The molecule has 2 heterocycles. The number of rotatable bonds is 5. The Morgan fingerprint density at radius 2 is 1.96 bits per heavy atom. The zero-order valence-electron chi connectivity index (χ0n) is 16.4. The molecule has 0 aromatic heterocycles. The van der Waals surface area contributed by atoms with Crippen LogP contribution in [0.25, 0.3) is 0 Å². The molecular weight excluding hydrogens is 358 g/mol. The van der Waals surface area contributed by atoms with Crippen molar-refractivity contribution in [1.29, 1.82) is 0 Å². The van der Waals surface area contributed by atoms with Crippen LogP contribution in [0.5, 0.6) is 5.75 Å². The molecule has 3 aliphatic rings. The van der Waals surface area contributed by atoms with Gasteiger partial charge in [-0.25, -0.2) is 0 Å². The largest absolute Gasteiger partial charge is 0.497 e.